The molecule has 0 fully saturated rings. The van der Waals surface area contributed by atoms with Gasteiger partial charge in [0.05, 0.1) is 18.4 Å². The molecule has 4 aromatic rings. The van der Waals surface area contributed by atoms with E-state index in [0.29, 0.717) is 35.7 Å². The van der Waals surface area contributed by atoms with Gasteiger partial charge in [-0.25, -0.2) is 9.67 Å². The van der Waals surface area contributed by atoms with Crippen molar-refractivity contribution >= 4 is 17.1 Å². The Hall–Kier alpha value is -3.34. The average molecular weight is 423 g/mol. The molecule has 0 amide bonds. The van der Waals surface area contributed by atoms with Gasteiger partial charge in [-0.15, -0.1) is 5.10 Å². The average Bonchev–Trinajstić information content (AvgIpc) is 3.36. The number of fused-ring (bicyclic) bond motifs is 1. The van der Waals surface area contributed by atoms with Gasteiger partial charge in [-0.3, -0.25) is 5.32 Å². The van der Waals surface area contributed by atoms with E-state index in [1.807, 2.05) is 45.0 Å². The van der Waals surface area contributed by atoms with Crippen molar-refractivity contribution in [1.82, 2.24) is 30.3 Å². The van der Waals surface area contributed by atoms with Gasteiger partial charge in [0.2, 0.25) is 12.4 Å². The zero-order chi connectivity index (χ0) is 22.0. The molecule has 4 rings (SSSR count). The van der Waals surface area contributed by atoms with Gasteiger partial charge < -0.3 is 20.0 Å². The number of ether oxygens (including phenoxy) is 1. The summed E-state index contributed by atoms with van der Waals surface area (Å²) in [6.07, 6.45) is 0.480. The lowest BCUT2D eigenvalue weighted by Gasteiger charge is -2.24. The van der Waals surface area contributed by atoms with Gasteiger partial charge in [-0.2, -0.15) is 4.98 Å². The van der Waals surface area contributed by atoms with Crippen molar-refractivity contribution in [3.8, 4) is 11.5 Å². The Balaban J connectivity index is 1.59. The lowest BCUT2D eigenvalue weighted by atomic mass is 10.1. The van der Waals surface area contributed by atoms with Gasteiger partial charge in [-0.05, 0) is 44.0 Å². The summed E-state index contributed by atoms with van der Waals surface area (Å²) >= 11 is 0. The Morgan fingerprint density at radius 1 is 1.16 bits per heavy atom. The first-order chi connectivity index (χ1) is 14.8. The minimum Gasteiger partial charge on any atom is -0.463 e. The van der Waals surface area contributed by atoms with Crippen LogP contribution in [0.4, 0.5) is 5.95 Å². The Bertz CT molecular complexity index is 1170. The number of nitrogens with two attached hydrogens (primary N) is 1. The summed E-state index contributed by atoms with van der Waals surface area (Å²) in [7, 11) is 0. The van der Waals surface area contributed by atoms with Gasteiger partial charge in [0.1, 0.15) is 5.69 Å². The molecule has 162 valence electrons. The normalized spacial score (nSPS) is 13.0. The fourth-order valence-electron chi connectivity index (χ4n) is 3.18. The number of aromatic nitrogens is 5. The van der Waals surface area contributed by atoms with Crippen LogP contribution in [0.5, 0.6) is 0 Å². The zero-order valence-corrected chi connectivity index (χ0v) is 17.6. The Labute approximate surface area is 179 Å². The standard InChI is InChI=1S/C21H25N7O3/c1-21(2,3)31-20(29)23-11-13-7-4-5-8-14(13)12-28-18-17(26-27-28)16(24-19(22)25-18)15-9-6-10-30-15/h4-10,20,23,29H,11-12H2,1-3H3,(H2,22,24,25). The molecule has 0 bridgehead atoms. The van der Waals surface area contributed by atoms with E-state index in [4.69, 9.17) is 14.9 Å². The summed E-state index contributed by atoms with van der Waals surface area (Å²) in [5.41, 5.74) is 8.95. The molecule has 0 saturated carbocycles. The van der Waals surface area contributed by atoms with Crippen LogP contribution in [0.3, 0.4) is 0 Å². The number of hydrogen-bond acceptors (Lipinski definition) is 9. The largest absolute Gasteiger partial charge is 0.463 e. The van der Waals surface area contributed by atoms with Crippen LogP contribution in [0.15, 0.2) is 47.1 Å². The molecule has 0 aliphatic heterocycles. The third-order valence-corrected chi connectivity index (χ3v) is 4.51. The van der Waals surface area contributed by atoms with E-state index in [2.05, 4.69) is 25.6 Å². The molecule has 0 aliphatic carbocycles. The molecule has 0 aliphatic rings. The summed E-state index contributed by atoms with van der Waals surface area (Å²) in [6.45, 7) is 6.47. The highest BCUT2D eigenvalue weighted by atomic mass is 16.6. The summed E-state index contributed by atoms with van der Waals surface area (Å²) in [5, 5.41) is 21.6. The van der Waals surface area contributed by atoms with Crippen LogP contribution in [0.1, 0.15) is 31.9 Å². The molecule has 3 aromatic heterocycles. The van der Waals surface area contributed by atoms with E-state index in [0.717, 1.165) is 11.1 Å². The van der Waals surface area contributed by atoms with Crippen LogP contribution >= 0.6 is 0 Å². The molecule has 0 spiro atoms. The first kappa shape index (κ1) is 20.9. The first-order valence-corrected chi connectivity index (χ1v) is 9.87. The molecule has 3 heterocycles. The molecule has 10 nitrogen and oxygen atoms in total. The second kappa shape index (κ2) is 8.42. The maximum atomic E-state index is 10.1. The number of furan rings is 1. The Morgan fingerprint density at radius 2 is 1.94 bits per heavy atom. The second-order valence-corrected chi connectivity index (χ2v) is 8.06. The minimum absolute atomic E-state index is 0.111. The highest BCUT2D eigenvalue weighted by Gasteiger charge is 2.19. The van der Waals surface area contributed by atoms with E-state index in [9.17, 15) is 5.11 Å². The molecule has 1 unspecified atom stereocenters. The number of aliphatic hydroxyl groups excluding tert-OH is 1. The summed E-state index contributed by atoms with van der Waals surface area (Å²) in [6, 6.07) is 11.4. The first-order valence-electron chi connectivity index (χ1n) is 9.87. The van der Waals surface area contributed by atoms with E-state index < -0.39 is 12.0 Å². The highest BCUT2D eigenvalue weighted by molar-refractivity contribution is 5.85. The molecule has 0 radical (unpaired) electrons. The number of benzene rings is 1. The van der Waals surface area contributed by atoms with Crippen molar-refractivity contribution in [3.63, 3.8) is 0 Å². The van der Waals surface area contributed by atoms with Gasteiger partial charge in [-0.1, -0.05) is 29.5 Å². The molecule has 10 heteroatoms. The van der Waals surface area contributed by atoms with Crippen molar-refractivity contribution in [2.45, 2.75) is 45.9 Å². The molecule has 1 atom stereocenters. The van der Waals surface area contributed by atoms with Crippen molar-refractivity contribution in [2.24, 2.45) is 0 Å². The summed E-state index contributed by atoms with van der Waals surface area (Å²) in [4.78, 5) is 8.60. The minimum atomic E-state index is -1.08. The van der Waals surface area contributed by atoms with E-state index in [1.165, 1.54) is 0 Å². The van der Waals surface area contributed by atoms with Crippen LogP contribution in [0.25, 0.3) is 22.6 Å². The SMILES string of the molecule is CC(C)(C)OC(O)NCc1ccccc1Cn1nnc2c(-c3ccco3)nc(N)nc21. The fourth-order valence-corrected chi connectivity index (χ4v) is 3.18. The lowest BCUT2D eigenvalue weighted by molar-refractivity contribution is -0.182. The number of aliphatic hydroxyl groups is 1. The summed E-state index contributed by atoms with van der Waals surface area (Å²) < 4.78 is 12.6. The quantitative estimate of drug-likeness (QED) is 0.382. The van der Waals surface area contributed by atoms with Crippen molar-refractivity contribution in [3.05, 3.63) is 53.8 Å². The van der Waals surface area contributed by atoms with E-state index in [-0.39, 0.29) is 5.95 Å². The molecule has 0 saturated heterocycles. The van der Waals surface area contributed by atoms with Gasteiger partial charge in [0.25, 0.3) is 0 Å². The third-order valence-electron chi connectivity index (χ3n) is 4.51. The maximum absolute atomic E-state index is 10.1. The van der Waals surface area contributed by atoms with Crippen LogP contribution in [-0.2, 0) is 17.8 Å². The van der Waals surface area contributed by atoms with Crippen molar-refractivity contribution in [1.29, 1.82) is 0 Å². The fraction of sp³-hybridized carbons (Fsp3) is 0.333. The smallest absolute Gasteiger partial charge is 0.222 e. The molecule has 31 heavy (non-hydrogen) atoms. The molecule has 1 aromatic carbocycles. The highest BCUT2D eigenvalue weighted by Crippen LogP contribution is 2.26. The Kier molecular flexibility index (Phi) is 5.68. The maximum Gasteiger partial charge on any atom is 0.222 e. The number of nitrogen functional groups attached to an aromatic ring is 1. The third kappa shape index (κ3) is 4.88. The second-order valence-electron chi connectivity index (χ2n) is 8.06. The van der Waals surface area contributed by atoms with Crippen LogP contribution < -0.4 is 11.1 Å². The van der Waals surface area contributed by atoms with Crippen molar-refractivity contribution < 1.29 is 14.3 Å². The summed E-state index contributed by atoms with van der Waals surface area (Å²) in [5.74, 6) is 0.656. The number of hydrogen-bond donors (Lipinski definition) is 3. The van der Waals surface area contributed by atoms with Gasteiger partial charge >= 0.3 is 0 Å². The van der Waals surface area contributed by atoms with Crippen LogP contribution in [-0.4, -0.2) is 42.1 Å². The number of rotatable bonds is 7. The number of anilines is 1. The Morgan fingerprint density at radius 3 is 2.65 bits per heavy atom. The number of nitrogens with one attached hydrogen (secondary N) is 1. The van der Waals surface area contributed by atoms with Gasteiger partial charge in [0, 0.05) is 6.54 Å². The van der Waals surface area contributed by atoms with E-state index in [1.54, 1.807) is 23.1 Å². The zero-order valence-electron chi connectivity index (χ0n) is 17.6. The molecular formula is C21H25N7O3. The monoisotopic (exact) mass is 423 g/mol. The molecule has 4 N–H and O–H groups in total. The van der Waals surface area contributed by atoms with E-state index >= 15 is 0 Å². The molecular weight excluding hydrogens is 398 g/mol. The van der Waals surface area contributed by atoms with Gasteiger partial charge in [0.15, 0.2) is 16.9 Å². The lowest BCUT2D eigenvalue weighted by Crippen LogP contribution is -2.37. The predicted molar refractivity (Wildman–Crippen MR) is 114 cm³/mol. The van der Waals surface area contributed by atoms with Crippen LogP contribution in [0.2, 0.25) is 0 Å². The van der Waals surface area contributed by atoms with Crippen molar-refractivity contribution in [2.75, 3.05) is 5.73 Å². The van der Waals surface area contributed by atoms with Crippen LogP contribution in [0, 0.1) is 0 Å². The topological polar surface area (TPSA) is 137 Å². The number of nitrogens with zero attached hydrogens (tertiary/aromatic N) is 5. The predicted octanol–water partition coefficient (Wildman–Crippen LogP) is 2.29.